The molecule has 0 atom stereocenters. The standard InChI is InChI=1S/C11H24N2O/c1-5-6-7-12-8-9-13(4)11(14)10(2)3/h10,12H,5-9H2,1-4H3. The molecule has 0 aliphatic rings. The minimum Gasteiger partial charge on any atom is -0.344 e. The number of likely N-dealkylation sites (N-methyl/N-ethyl adjacent to an activating group) is 1. The number of hydrogen-bond donors (Lipinski definition) is 1. The Bertz CT molecular complexity index is 157. The molecule has 0 aromatic heterocycles. The summed E-state index contributed by atoms with van der Waals surface area (Å²) in [6, 6.07) is 0. The monoisotopic (exact) mass is 200 g/mol. The van der Waals surface area contributed by atoms with Gasteiger partial charge >= 0.3 is 0 Å². The first-order valence-electron chi connectivity index (χ1n) is 5.55. The summed E-state index contributed by atoms with van der Waals surface area (Å²) in [6.07, 6.45) is 2.43. The van der Waals surface area contributed by atoms with E-state index in [1.807, 2.05) is 20.9 Å². The molecule has 14 heavy (non-hydrogen) atoms. The van der Waals surface area contributed by atoms with Gasteiger partial charge in [-0.25, -0.2) is 0 Å². The Morgan fingerprint density at radius 1 is 1.36 bits per heavy atom. The zero-order valence-electron chi connectivity index (χ0n) is 9.97. The molecule has 3 heteroatoms. The average molecular weight is 200 g/mol. The molecule has 0 radical (unpaired) electrons. The molecule has 0 bridgehead atoms. The second-order valence-corrected chi connectivity index (χ2v) is 4.02. The smallest absolute Gasteiger partial charge is 0.224 e. The molecule has 0 aromatic carbocycles. The van der Waals surface area contributed by atoms with Crippen LogP contribution in [0.15, 0.2) is 0 Å². The van der Waals surface area contributed by atoms with Crippen molar-refractivity contribution in [2.75, 3.05) is 26.7 Å². The Kier molecular flexibility index (Phi) is 7.48. The van der Waals surface area contributed by atoms with Crippen LogP contribution >= 0.6 is 0 Å². The number of unbranched alkanes of at least 4 members (excludes halogenated alkanes) is 1. The van der Waals surface area contributed by atoms with E-state index in [-0.39, 0.29) is 11.8 Å². The lowest BCUT2D eigenvalue weighted by atomic mass is 10.2. The van der Waals surface area contributed by atoms with Crippen LogP contribution in [0.5, 0.6) is 0 Å². The van der Waals surface area contributed by atoms with Crippen LogP contribution in [0.25, 0.3) is 0 Å². The van der Waals surface area contributed by atoms with Crippen molar-refractivity contribution < 1.29 is 4.79 Å². The van der Waals surface area contributed by atoms with Gasteiger partial charge in [0.05, 0.1) is 0 Å². The Morgan fingerprint density at radius 2 is 2.00 bits per heavy atom. The van der Waals surface area contributed by atoms with Crippen LogP contribution in [0, 0.1) is 5.92 Å². The van der Waals surface area contributed by atoms with Crippen molar-refractivity contribution in [3.63, 3.8) is 0 Å². The third kappa shape index (κ3) is 5.97. The summed E-state index contributed by atoms with van der Waals surface area (Å²) in [5.74, 6) is 0.331. The number of rotatable bonds is 7. The van der Waals surface area contributed by atoms with Crippen molar-refractivity contribution in [2.24, 2.45) is 5.92 Å². The number of carbonyl (C=O) groups excluding carboxylic acids is 1. The van der Waals surface area contributed by atoms with Crippen LogP contribution in [-0.4, -0.2) is 37.5 Å². The summed E-state index contributed by atoms with van der Waals surface area (Å²) >= 11 is 0. The van der Waals surface area contributed by atoms with Crippen LogP contribution in [-0.2, 0) is 4.79 Å². The van der Waals surface area contributed by atoms with Crippen molar-refractivity contribution in [2.45, 2.75) is 33.6 Å². The maximum Gasteiger partial charge on any atom is 0.224 e. The maximum atomic E-state index is 11.5. The molecule has 0 aliphatic heterocycles. The molecule has 0 aliphatic carbocycles. The zero-order valence-corrected chi connectivity index (χ0v) is 9.97. The Labute approximate surface area is 87.9 Å². The molecule has 0 heterocycles. The van der Waals surface area contributed by atoms with Gasteiger partial charge in [-0.3, -0.25) is 4.79 Å². The van der Waals surface area contributed by atoms with E-state index in [1.165, 1.54) is 12.8 Å². The highest BCUT2D eigenvalue weighted by Gasteiger charge is 2.11. The van der Waals surface area contributed by atoms with Gasteiger partial charge < -0.3 is 10.2 Å². The van der Waals surface area contributed by atoms with Crippen molar-refractivity contribution >= 4 is 5.91 Å². The second kappa shape index (κ2) is 7.80. The van der Waals surface area contributed by atoms with Gasteiger partial charge in [0, 0.05) is 26.1 Å². The fourth-order valence-corrected chi connectivity index (χ4v) is 1.22. The minimum absolute atomic E-state index is 0.107. The molecule has 0 rings (SSSR count). The van der Waals surface area contributed by atoms with Crippen molar-refractivity contribution in [3.05, 3.63) is 0 Å². The molecule has 0 saturated heterocycles. The third-order valence-electron chi connectivity index (χ3n) is 2.20. The van der Waals surface area contributed by atoms with E-state index < -0.39 is 0 Å². The van der Waals surface area contributed by atoms with E-state index in [0.717, 1.165) is 19.6 Å². The number of hydrogen-bond acceptors (Lipinski definition) is 2. The topological polar surface area (TPSA) is 32.3 Å². The van der Waals surface area contributed by atoms with Gasteiger partial charge in [-0.05, 0) is 13.0 Å². The van der Waals surface area contributed by atoms with E-state index in [9.17, 15) is 4.79 Å². The first-order valence-corrected chi connectivity index (χ1v) is 5.55. The molecule has 1 N–H and O–H groups in total. The molecular formula is C11H24N2O. The van der Waals surface area contributed by atoms with Gasteiger partial charge in [0.25, 0.3) is 0 Å². The first kappa shape index (κ1) is 13.4. The lowest BCUT2D eigenvalue weighted by Crippen LogP contribution is -2.36. The molecule has 1 amide bonds. The Morgan fingerprint density at radius 3 is 2.50 bits per heavy atom. The molecule has 0 unspecified atom stereocenters. The third-order valence-corrected chi connectivity index (χ3v) is 2.20. The molecule has 0 fully saturated rings. The van der Waals surface area contributed by atoms with Gasteiger partial charge in [0.1, 0.15) is 0 Å². The summed E-state index contributed by atoms with van der Waals surface area (Å²) in [5.41, 5.74) is 0. The zero-order chi connectivity index (χ0) is 11.0. The Hall–Kier alpha value is -0.570. The fraction of sp³-hybridized carbons (Fsp3) is 0.909. The largest absolute Gasteiger partial charge is 0.344 e. The number of nitrogens with zero attached hydrogens (tertiary/aromatic N) is 1. The number of amides is 1. The van der Waals surface area contributed by atoms with E-state index in [4.69, 9.17) is 0 Å². The molecule has 0 spiro atoms. The quantitative estimate of drug-likeness (QED) is 0.632. The van der Waals surface area contributed by atoms with Crippen LogP contribution in [0.1, 0.15) is 33.6 Å². The summed E-state index contributed by atoms with van der Waals surface area (Å²) in [5, 5.41) is 3.32. The average Bonchev–Trinajstić information content (AvgIpc) is 2.16. The van der Waals surface area contributed by atoms with Gasteiger partial charge in [-0.2, -0.15) is 0 Å². The van der Waals surface area contributed by atoms with Gasteiger partial charge in [-0.1, -0.05) is 27.2 Å². The Balaban J connectivity index is 3.44. The highest BCUT2D eigenvalue weighted by Crippen LogP contribution is 1.97. The van der Waals surface area contributed by atoms with Gasteiger partial charge in [-0.15, -0.1) is 0 Å². The molecule has 0 saturated carbocycles. The highest BCUT2D eigenvalue weighted by atomic mass is 16.2. The maximum absolute atomic E-state index is 11.5. The van der Waals surface area contributed by atoms with Crippen LogP contribution in [0.3, 0.4) is 0 Å². The minimum atomic E-state index is 0.107. The van der Waals surface area contributed by atoms with Crippen LogP contribution < -0.4 is 5.32 Å². The lowest BCUT2D eigenvalue weighted by Gasteiger charge is -2.19. The fourth-order valence-electron chi connectivity index (χ4n) is 1.22. The van der Waals surface area contributed by atoms with E-state index >= 15 is 0 Å². The summed E-state index contributed by atoms with van der Waals surface area (Å²) < 4.78 is 0. The van der Waals surface area contributed by atoms with Crippen molar-refractivity contribution in [1.29, 1.82) is 0 Å². The van der Waals surface area contributed by atoms with Crippen LogP contribution in [0.4, 0.5) is 0 Å². The SMILES string of the molecule is CCCCNCCN(C)C(=O)C(C)C. The second-order valence-electron chi connectivity index (χ2n) is 4.02. The summed E-state index contributed by atoms with van der Waals surface area (Å²) in [7, 11) is 1.86. The van der Waals surface area contributed by atoms with Crippen molar-refractivity contribution in [3.8, 4) is 0 Å². The number of nitrogens with one attached hydrogen (secondary N) is 1. The molecular weight excluding hydrogens is 176 g/mol. The predicted molar refractivity (Wildman–Crippen MR) is 60.3 cm³/mol. The normalized spacial score (nSPS) is 10.6. The predicted octanol–water partition coefficient (Wildman–Crippen LogP) is 1.49. The molecule has 3 nitrogen and oxygen atoms in total. The van der Waals surface area contributed by atoms with Crippen LogP contribution in [0.2, 0.25) is 0 Å². The van der Waals surface area contributed by atoms with E-state index in [1.54, 1.807) is 4.90 Å². The highest BCUT2D eigenvalue weighted by molar-refractivity contribution is 5.77. The van der Waals surface area contributed by atoms with E-state index in [0.29, 0.717) is 0 Å². The summed E-state index contributed by atoms with van der Waals surface area (Å²) in [6.45, 7) is 8.80. The summed E-state index contributed by atoms with van der Waals surface area (Å²) in [4.78, 5) is 13.3. The molecule has 0 aromatic rings. The van der Waals surface area contributed by atoms with Crippen molar-refractivity contribution in [1.82, 2.24) is 10.2 Å². The van der Waals surface area contributed by atoms with Gasteiger partial charge in [0.15, 0.2) is 0 Å². The molecule has 84 valence electrons. The van der Waals surface area contributed by atoms with E-state index in [2.05, 4.69) is 12.2 Å². The van der Waals surface area contributed by atoms with Gasteiger partial charge in [0.2, 0.25) is 5.91 Å². The lowest BCUT2D eigenvalue weighted by molar-refractivity contribution is -0.133. The number of carbonyl (C=O) groups is 1. The first-order chi connectivity index (χ1) is 6.59.